The molecule has 0 bridgehead atoms. The van der Waals surface area contributed by atoms with Gasteiger partial charge >= 0.3 is 0 Å². The molecule has 6 heteroatoms. The Hall–Kier alpha value is -2.50. The molecule has 4 nitrogen and oxygen atoms in total. The average molecular weight is 277 g/mol. The zero-order valence-electron chi connectivity index (χ0n) is 10.8. The topological polar surface area (TPSA) is 59.2 Å². The van der Waals surface area contributed by atoms with Gasteiger partial charge in [-0.1, -0.05) is 12.1 Å². The fourth-order valence-corrected chi connectivity index (χ4v) is 1.86. The quantitative estimate of drug-likeness (QED) is 0.938. The zero-order valence-corrected chi connectivity index (χ0v) is 10.8. The first-order chi connectivity index (χ1) is 9.54. The summed E-state index contributed by atoms with van der Waals surface area (Å²) in [4.78, 5) is 17.2. The summed E-state index contributed by atoms with van der Waals surface area (Å²) in [5, 5.41) is 0. The minimum absolute atomic E-state index is 0.0879. The number of carbonyl (C=O) groups is 1. The van der Waals surface area contributed by atoms with Crippen molar-refractivity contribution in [2.24, 2.45) is 0 Å². The maximum Gasteiger partial charge on any atom is 0.262 e. The number of nitrogens with two attached hydrogens (primary N) is 1. The highest BCUT2D eigenvalue weighted by molar-refractivity contribution is 6.08. The molecule has 2 N–H and O–H groups in total. The van der Waals surface area contributed by atoms with E-state index in [1.54, 1.807) is 13.0 Å². The van der Waals surface area contributed by atoms with Crippen molar-refractivity contribution in [3.05, 3.63) is 53.7 Å². The van der Waals surface area contributed by atoms with Crippen molar-refractivity contribution in [3.63, 3.8) is 0 Å². The summed E-state index contributed by atoms with van der Waals surface area (Å²) in [5.74, 6) is -1.90. The van der Waals surface area contributed by atoms with Crippen molar-refractivity contribution >= 4 is 17.4 Å². The number of pyridine rings is 1. The molecule has 0 aliphatic heterocycles. The summed E-state index contributed by atoms with van der Waals surface area (Å²) < 4.78 is 27.0. The number of rotatable bonds is 3. The van der Waals surface area contributed by atoms with Gasteiger partial charge in [0.05, 0.1) is 17.4 Å². The number of aromatic nitrogens is 1. The van der Waals surface area contributed by atoms with E-state index in [0.29, 0.717) is 0 Å². The summed E-state index contributed by atoms with van der Waals surface area (Å²) in [6.45, 7) is 1.91. The molecule has 0 unspecified atom stereocenters. The van der Waals surface area contributed by atoms with Gasteiger partial charge in [-0.05, 0) is 25.1 Å². The number of amides is 1. The van der Waals surface area contributed by atoms with Gasteiger partial charge in [0.1, 0.15) is 17.5 Å². The highest BCUT2D eigenvalue weighted by Gasteiger charge is 2.21. The number of hydrogen-bond acceptors (Lipinski definition) is 3. The van der Waals surface area contributed by atoms with E-state index < -0.39 is 17.5 Å². The molecule has 0 radical (unpaired) electrons. The van der Waals surface area contributed by atoms with Gasteiger partial charge in [0.2, 0.25) is 0 Å². The highest BCUT2D eigenvalue weighted by Crippen LogP contribution is 2.22. The molecular weight excluding hydrogens is 264 g/mol. The lowest BCUT2D eigenvalue weighted by Gasteiger charge is -2.22. The molecule has 0 aliphatic rings. The summed E-state index contributed by atoms with van der Waals surface area (Å²) in [5.41, 5.74) is 5.61. The van der Waals surface area contributed by atoms with E-state index >= 15 is 0 Å². The molecule has 1 aromatic carbocycles. The van der Waals surface area contributed by atoms with Crippen molar-refractivity contribution in [2.45, 2.75) is 6.92 Å². The number of halogens is 2. The van der Waals surface area contributed by atoms with Gasteiger partial charge in [0, 0.05) is 6.54 Å². The molecule has 2 aromatic rings. The first kappa shape index (κ1) is 13.9. The Labute approximate surface area is 114 Å². The van der Waals surface area contributed by atoms with Crippen molar-refractivity contribution < 1.29 is 13.6 Å². The predicted octanol–water partition coefficient (Wildman–Crippen LogP) is 2.61. The molecule has 0 atom stereocenters. The molecule has 1 amide bonds. The van der Waals surface area contributed by atoms with Crippen LogP contribution in [0.15, 0.2) is 36.5 Å². The molecular formula is C14H13F2N3O. The smallest absolute Gasteiger partial charge is 0.262 e. The van der Waals surface area contributed by atoms with Gasteiger partial charge < -0.3 is 10.6 Å². The number of benzene rings is 1. The third kappa shape index (κ3) is 2.59. The van der Waals surface area contributed by atoms with Gasteiger partial charge in [0.25, 0.3) is 5.91 Å². The third-order valence-electron chi connectivity index (χ3n) is 2.82. The maximum absolute atomic E-state index is 13.8. The summed E-state index contributed by atoms with van der Waals surface area (Å²) in [6, 6.07) is 6.85. The van der Waals surface area contributed by atoms with Crippen LogP contribution in [0.5, 0.6) is 0 Å². The van der Waals surface area contributed by atoms with Gasteiger partial charge in [0.15, 0.2) is 0 Å². The van der Waals surface area contributed by atoms with E-state index in [9.17, 15) is 13.6 Å². The van der Waals surface area contributed by atoms with E-state index in [1.165, 1.54) is 23.1 Å². The van der Waals surface area contributed by atoms with Crippen molar-refractivity contribution in [1.82, 2.24) is 4.98 Å². The molecule has 0 saturated carbocycles. The van der Waals surface area contributed by atoms with Crippen LogP contribution < -0.4 is 10.6 Å². The Balaban J connectivity index is 2.45. The Morgan fingerprint density at radius 1 is 1.35 bits per heavy atom. The van der Waals surface area contributed by atoms with Crippen LogP contribution in [0.3, 0.4) is 0 Å². The Morgan fingerprint density at radius 2 is 2.05 bits per heavy atom. The third-order valence-corrected chi connectivity index (χ3v) is 2.82. The van der Waals surface area contributed by atoms with Crippen molar-refractivity contribution in [3.8, 4) is 0 Å². The lowest BCUT2D eigenvalue weighted by atomic mass is 10.2. The summed E-state index contributed by atoms with van der Waals surface area (Å²) >= 11 is 0. The lowest BCUT2D eigenvalue weighted by molar-refractivity contribution is 0.0987. The Bertz CT molecular complexity index is 646. The van der Waals surface area contributed by atoms with Crippen molar-refractivity contribution in [2.75, 3.05) is 17.2 Å². The van der Waals surface area contributed by atoms with Gasteiger partial charge in [-0.25, -0.2) is 13.8 Å². The zero-order chi connectivity index (χ0) is 14.7. The second-order valence-electron chi connectivity index (χ2n) is 4.09. The molecule has 1 heterocycles. The molecule has 0 aliphatic carbocycles. The second kappa shape index (κ2) is 5.64. The number of nitrogen functional groups attached to an aromatic ring is 1. The molecule has 0 fully saturated rings. The van der Waals surface area contributed by atoms with Crippen LogP contribution in [0.1, 0.15) is 17.3 Å². The highest BCUT2D eigenvalue weighted by atomic mass is 19.1. The fraction of sp³-hybridized carbons (Fsp3) is 0.143. The van der Waals surface area contributed by atoms with E-state index in [0.717, 1.165) is 12.3 Å². The molecule has 1 aromatic heterocycles. The minimum atomic E-state index is -0.674. The van der Waals surface area contributed by atoms with Crippen LogP contribution in [0.4, 0.5) is 20.3 Å². The largest absolute Gasteiger partial charge is 0.383 e. The van der Waals surface area contributed by atoms with Gasteiger partial charge in [-0.3, -0.25) is 4.79 Å². The molecule has 104 valence electrons. The van der Waals surface area contributed by atoms with E-state index in [-0.39, 0.29) is 23.6 Å². The number of anilines is 2. The summed E-state index contributed by atoms with van der Waals surface area (Å²) in [7, 11) is 0. The van der Waals surface area contributed by atoms with Crippen LogP contribution in [-0.2, 0) is 0 Å². The number of nitrogens with zero attached hydrogens (tertiary/aromatic N) is 2. The average Bonchev–Trinajstić information content (AvgIpc) is 2.44. The lowest BCUT2D eigenvalue weighted by Crippen LogP contribution is -2.32. The Morgan fingerprint density at radius 3 is 2.70 bits per heavy atom. The van der Waals surface area contributed by atoms with Gasteiger partial charge in [-0.15, -0.1) is 0 Å². The number of hydrogen-bond donors (Lipinski definition) is 1. The molecule has 0 spiro atoms. The summed E-state index contributed by atoms with van der Waals surface area (Å²) in [6.07, 6.45) is 0.922. The minimum Gasteiger partial charge on any atom is -0.383 e. The van der Waals surface area contributed by atoms with Crippen molar-refractivity contribution in [1.29, 1.82) is 0 Å². The molecule has 20 heavy (non-hydrogen) atoms. The normalized spacial score (nSPS) is 10.3. The van der Waals surface area contributed by atoms with Crippen LogP contribution in [0.2, 0.25) is 0 Å². The predicted molar refractivity (Wildman–Crippen MR) is 72.4 cm³/mol. The second-order valence-corrected chi connectivity index (χ2v) is 4.09. The first-order valence-corrected chi connectivity index (χ1v) is 6.02. The van der Waals surface area contributed by atoms with Gasteiger partial charge in [-0.2, -0.15) is 0 Å². The first-order valence-electron chi connectivity index (χ1n) is 6.02. The van der Waals surface area contributed by atoms with Crippen LogP contribution in [0.25, 0.3) is 0 Å². The number of carbonyl (C=O) groups excluding carboxylic acids is 1. The molecule has 2 rings (SSSR count). The van der Waals surface area contributed by atoms with Crippen LogP contribution >= 0.6 is 0 Å². The standard InChI is InChI=1S/C14H13F2N3O/c1-2-19(12-6-4-3-5-11(12)16)14(20)10-7-9(15)8-18-13(10)17/h3-8H,2H2,1H3,(H2,17,18). The SMILES string of the molecule is CCN(C(=O)c1cc(F)cnc1N)c1ccccc1F. The fourth-order valence-electron chi connectivity index (χ4n) is 1.86. The van der Waals surface area contributed by atoms with E-state index in [2.05, 4.69) is 4.98 Å². The maximum atomic E-state index is 13.8. The van der Waals surface area contributed by atoms with Crippen LogP contribution in [0, 0.1) is 11.6 Å². The monoisotopic (exact) mass is 277 g/mol. The van der Waals surface area contributed by atoms with E-state index in [1.807, 2.05) is 0 Å². The Kier molecular flexibility index (Phi) is 3.93. The molecule has 0 saturated heterocycles. The number of para-hydroxylation sites is 1. The van der Waals surface area contributed by atoms with E-state index in [4.69, 9.17) is 5.73 Å². The van der Waals surface area contributed by atoms with Crippen LogP contribution in [-0.4, -0.2) is 17.4 Å².